The lowest BCUT2D eigenvalue weighted by molar-refractivity contribution is -0.139. The van der Waals surface area contributed by atoms with Gasteiger partial charge in [0, 0.05) is 61.7 Å². The minimum atomic E-state index is -0.825. The number of hydrogen-bond acceptors (Lipinski definition) is 7. The predicted octanol–water partition coefficient (Wildman–Crippen LogP) is 2.60. The van der Waals surface area contributed by atoms with Gasteiger partial charge in [-0.3, -0.25) is 19.4 Å². The lowest BCUT2D eigenvalue weighted by atomic mass is 9.79. The highest BCUT2D eigenvalue weighted by molar-refractivity contribution is 6.06. The van der Waals surface area contributed by atoms with Gasteiger partial charge in [-0.2, -0.15) is 0 Å². The molecule has 4 aliphatic rings. The van der Waals surface area contributed by atoms with Crippen LogP contribution >= 0.6 is 0 Å². The summed E-state index contributed by atoms with van der Waals surface area (Å²) in [4.78, 5) is 51.9. The van der Waals surface area contributed by atoms with Crippen molar-refractivity contribution in [1.82, 2.24) is 25.5 Å². The number of ether oxygens (including phenoxy) is 1. The number of pyridine rings is 2. The quantitative estimate of drug-likeness (QED) is 0.397. The molecular formula is C34H36N6O4. The SMILES string of the molecule is CC1C(c2ccccc2)CC2NC(=O)c3cnc4c(c3)C[C@@]3(C4)C(=O)Nc4ncc(cc43)C=CCOCCNCCN1C2=O. The Morgan fingerprint density at radius 2 is 1.89 bits per heavy atom. The number of nitrogens with zero attached hydrogens (tertiary/aromatic N) is 3. The van der Waals surface area contributed by atoms with Crippen LogP contribution in [-0.4, -0.2) is 77.5 Å². The summed E-state index contributed by atoms with van der Waals surface area (Å²) < 4.78 is 5.79. The van der Waals surface area contributed by atoms with Gasteiger partial charge in [0.05, 0.1) is 24.2 Å². The van der Waals surface area contributed by atoms with Crippen molar-refractivity contribution in [3.63, 3.8) is 0 Å². The third-order valence-electron chi connectivity index (χ3n) is 9.53. The number of benzene rings is 1. The molecule has 3 aliphatic heterocycles. The smallest absolute Gasteiger partial charge is 0.253 e. The zero-order valence-corrected chi connectivity index (χ0v) is 24.7. The normalized spacial score (nSPS) is 27.0. The second-order valence-electron chi connectivity index (χ2n) is 12.2. The average molecular weight is 593 g/mol. The highest BCUT2D eigenvalue weighted by Gasteiger charge is 2.52. The van der Waals surface area contributed by atoms with Crippen molar-refractivity contribution >= 4 is 29.6 Å². The van der Waals surface area contributed by atoms with Crippen LogP contribution in [0.2, 0.25) is 0 Å². The first-order valence-electron chi connectivity index (χ1n) is 15.3. The Hall–Kier alpha value is -4.41. The number of aromatic nitrogens is 2. The van der Waals surface area contributed by atoms with E-state index in [1.165, 1.54) is 0 Å². The third-order valence-corrected chi connectivity index (χ3v) is 9.53. The molecule has 3 amide bonds. The van der Waals surface area contributed by atoms with Gasteiger partial charge in [0.15, 0.2) is 0 Å². The van der Waals surface area contributed by atoms with Gasteiger partial charge in [0.1, 0.15) is 11.9 Å². The molecular weight excluding hydrogens is 556 g/mol. The molecule has 1 spiro atoms. The Balaban J connectivity index is 1.21. The van der Waals surface area contributed by atoms with Crippen LogP contribution < -0.4 is 16.0 Å². The van der Waals surface area contributed by atoms with Gasteiger partial charge in [0.2, 0.25) is 11.8 Å². The van der Waals surface area contributed by atoms with Gasteiger partial charge in [-0.05, 0) is 48.6 Å². The largest absolute Gasteiger partial charge is 0.376 e. The molecule has 2 aromatic heterocycles. The highest BCUT2D eigenvalue weighted by Crippen LogP contribution is 2.46. The maximum atomic E-state index is 13.8. The molecule has 44 heavy (non-hydrogen) atoms. The van der Waals surface area contributed by atoms with Crippen LogP contribution in [0, 0.1) is 0 Å². The standard InChI is InChI=1S/C34H36N6O4/c1-21-26(23-7-3-2-4-8-23)16-28-32(42)40(21)11-9-35-10-13-44-12-5-6-22-14-27-30(37-19-22)39-33(43)34(27)17-24-15-25(31(41)38-28)20-36-29(24)18-34/h2-8,14-15,19-21,26,28,35H,9-13,16-18H2,1H3,(H,38,41)(H,37,39,43)/t21?,26?,28?,34-/m0/s1. The van der Waals surface area contributed by atoms with Crippen molar-refractivity contribution in [2.45, 2.75) is 49.6 Å². The molecule has 3 aromatic rings. The molecule has 7 rings (SSSR count). The van der Waals surface area contributed by atoms with Crippen molar-refractivity contribution in [1.29, 1.82) is 0 Å². The van der Waals surface area contributed by atoms with E-state index in [1.807, 2.05) is 47.4 Å². The Bertz CT molecular complexity index is 1640. The number of anilines is 1. The molecule has 10 heteroatoms. The predicted molar refractivity (Wildman–Crippen MR) is 165 cm³/mol. The molecule has 5 heterocycles. The topological polar surface area (TPSA) is 126 Å². The van der Waals surface area contributed by atoms with Gasteiger partial charge in [-0.15, -0.1) is 0 Å². The molecule has 1 aromatic carbocycles. The summed E-state index contributed by atoms with van der Waals surface area (Å²) in [5.41, 5.74) is 4.08. The van der Waals surface area contributed by atoms with E-state index in [0.29, 0.717) is 63.5 Å². The van der Waals surface area contributed by atoms with E-state index in [0.717, 1.165) is 27.9 Å². The van der Waals surface area contributed by atoms with Gasteiger partial charge < -0.3 is 25.6 Å². The van der Waals surface area contributed by atoms with E-state index in [4.69, 9.17) is 4.74 Å². The summed E-state index contributed by atoms with van der Waals surface area (Å²) in [6, 6.07) is 13.3. The second kappa shape index (κ2) is 11.6. The summed E-state index contributed by atoms with van der Waals surface area (Å²) in [5, 5.41) is 9.38. The molecule has 0 saturated carbocycles. The van der Waals surface area contributed by atoms with Crippen LogP contribution in [0.25, 0.3) is 6.08 Å². The van der Waals surface area contributed by atoms with Gasteiger partial charge in [-0.25, -0.2) is 4.98 Å². The first-order valence-corrected chi connectivity index (χ1v) is 15.3. The number of carbonyl (C=O) groups is 3. The van der Waals surface area contributed by atoms with E-state index < -0.39 is 11.5 Å². The maximum Gasteiger partial charge on any atom is 0.253 e. The second-order valence-corrected chi connectivity index (χ2v) is 12.2. The van der Waals surface area contributed by atoms with Crippen molar-refractivity contribution in [3.05, 3.63) is 94.4 Å². The zero-order chi connectivity index (χ0) is 30.3. The molecule has 1 saturated heterocycles. The van der Waals surface area contributed by atoms with Crippen molar-refractivity contribution < 1.29 is 19.1 Å². The Morgan fingerprint density at radius 1 is 1.02 bits per heavy atom. The van der Waals surface area contributed by atoms with Crippen molar-refractivity contribution in [3.8, 4) is 0 Å². The fourth-order valence-corrected chi connectivity index (χ4v) is 7.15. The van der Waals surface area contributed by atoms with Gasteiger partial charge in [0.25, 0.3) is 5.91 Å². The van der Waals surface area contributed by atoms with E-state index in [9.17, 15) is 14.4 Å². The number of hydrogen-bond donors (Lipinski definition) is 3. The van der Waals surface area contributed by atoms with Crippen LogP contribution in [0.5, 0.6) is 0 Å². The summed E-state index contributed by atoms with van der Waals surface area (Å²) in [6.07, 6.45) is 8.56. The van der Waals surface area contributed by atoms with E-state index in [1.54, 1.807) is 12.4 Å². The number of piperidine rings is 1. The highest BCUT2D eigenvalue weighted by atomic mass is 16.5. The Kier molecular flexibility index (Phi) is 7.47. The van der Waals surface area contributed by atoms with Crippen molar-refractivity contribution in [2.24, 2.45) is 0 Å². The number of nitrogens with one attached hydrogen (secondary N) is 3. The summed E-state index contributed by atoms with van der Waals surface area (Å²) in [7, 11) is 0. The zero-order valence-electron chi connectivity index (χ0n) is 24.7. The van der Waals surface area contributed by atoms with E-state index in [-0.39, 0.29) is 29.7 Å². The van der Waals surface area contributed by atoms with Crippen LogP contribution in [0.1, 0.15) is 57.6 Å². The molecule has 3 N–H and O–H groups in total. The van der Waals surface area contributed by atoms with Crippen LogP contribution in [0.15, 0.2) is 60.9 Å². The molecule has 226 valence electrons. The fraction of sp³-hybridized carbons (Fsp3) is 0.382. The van der Waals surface area contributed by atoms with Crippen LogP contribution in [0.3, 0.4) is 0 Å². The Labute approximate surface area is 256 Å². The molecule has 0 radical (unpaired) electrons. The van der Waals surface area contributed by atoms with E-state index in [2.05, 4.69) is 45.0 Å². The lowest BCUT2D eigenvalue weighted by Gasteiger charge is -2.43. The average Bonchev–Trinajstić information content (AvgIpc) is 3.55. The lowest BCUT2D eigenvalue weighted by Crippen LogP contribution is -2.59. The first-order chi connectivity index (χ1) is 21.4. The molecule has 3 unspecified atom stereocenters. The Morgan fingerprint density at radius 3 is 2.75 bits per heavy atom. The minimum Gasteiger partial charge on any atom is -0.376 e. The van der Waals surface area contributed by atoms with E-state index >= 15 is 0 Å². The van der Waals surface area contributed by atoms with Crippen LogP contribution in [0.4, 0.5) is 5.82 Å². The summed E-state index contributed by atoms with van der Waals surface area (Å²) in [6.45, 7) is 4.83. The van der Waals surface area contributed by atoms with Gasteiger partial charge >= 0.3 is 0 Å². The molecule has 10 nitrogen and oxygen atoms in total. The fourth-order valence-electron chi connectivity index (χ4n) is 7.15. The van der Waals surface area contributed by atoms with Crippen molar-refractivity contribution in [2.75, 3.05) is 38.2 Å². The first kappa shape index (κ1) is 28.4. The monoisotopic (exact) mass is 592 g/mol. The minimum absolute atomic E-state index is 0.0290. The number of fused-ring (bicyclic) bond motifs is 4. The van der Waals surface area contributed by atoms with Crippen LogP contribution in [-0.2, 0) is 32.6 Å². The molecule has 1 fully saturated rings. The summed E-state index contributed by atoms with van der Waals surface area (Å²) in [5.74, 6) is 0.0987. The number of carbonyl (C=O) groups excluding carboxylic acids is 3. The molecule has 7 bridgehead atoms. The molecule has 1 aliphatic carbocycles. The third kappa shape index (κ3) is 5.07. The molecule has 4 atom stereocenters. The number of rotatable bonds is 1. The summed E-state index contributed by atoms with van der Waals surface area (Å²) >= 11 is 0. The maximum absolute atomic E-state index is 13.8. The van der Waals surface area contributed by atoms with Gasteiger partial charge in [-0.1, -0.05) is 42.5 Å². The number of amides is 3.